The van der Waals surface area contributed by atoms with Crippen molar-refractivity contribution in [3.05, 3.63) is 22.2 Å². The maximum absolute atomic E-state index is 11.9. The van der Waals surface area contributed by atoms with Crippen molar-refractivity contribution in [2.24, 2.45) is 0 Å². The first-order valence-corrected chi connectivity index (χ1v) is 7.12. The molecule has 2 heterocycles. The molecule has 1 amide bonds. The second kappa shape index (κ2) is 5.38. The summed E-state index contributed by atoms with van der Waals surface area (Å²) in [6.07, 6.45) is 1.98. The third-order valence-corrected chi connectivity index (χ3v) is 3.92. The van der Waals surface area contributed by atoms with Crippen LogP contribution in [0.5, 0.6) is 11.5 Å². The molecule has 1 aromatic carbocycles. The van der Waals surface area contributed by atoms with E-state index in [1.54, 1.807) is 0 Å². The summed E-state index contributed by atoms with van der Waals surface area (Å²) in [4.78, 5) is 11.9. The number of nitrogens with one attached hydrogen (secondary N) is 2. The molecule has 0 spiro atoms. The highest BCUT2D eigenvalue weighted by molar-refractivity contribution is 9.10. The SMILES string of the molecule is O=C(NCc1cc(Br)c2c(c1)OCO2)C1CCCN1. The number of fused-ring (bicyclic) bond motifs is 1. The first kappa shape index (κ1) is 12.7. The Morgan fingerprint density at radius 1 is 1.47 bits per heavy atom. The van der Waals surface area contributed by atoms with Crippen molar-refractivity contribution in [2.45, 2.75) is 25.4 Å². The smallest absolute Gasteiger partial charge is 0.237 e. The first-order chi connectivity index (χ1) is 9.24. The second-order valence-corrected chi connectivity index (χ2v) is 5.53. The van der Waals surface area contributed by atoms with Crippen molar-refractivity contribution >= 4 is 21.8 Å². The van der Waals surface area contributed by atoms with Crippen molar-refractivity contribution < 1.29 is 14.3 Å². The number of amides is 1. The fourth-order valence-electron chi connectivity index (χ4n) is 2.34. The summed E-state index contributed by atoms with van der Waals surface area (Å²) in [6, 6.07) is 3.79. The highest BCUT2D eigenvalue weighted by Gasteiger charge is 2.22. The molecule has 2 aliphatic rings. The molecule has 102 valence electrons. The molecule has 1 atom stereocenters. The molecule has 1 unspecified atom stereocenters. The topological polar surface area (TPSA) is 59.6 Å². The molecule has 2 aliphatic heterocycles. The third kappa shape index (κ3) is 2.69. The van der Waals surface area contributed by atoms with Crippen LogP contribution in [-0.4, -0.2) is 25.3 Å². The van der Waals surface area contributed by atoms with E-state index >= 15 is 0 Å². The molecule has 0 aromatic heterocycles. The Hall–Kier alpha value is -1.27. The van der Waals surface area contributed by atoms with E-state index in [1.807, 2.05) is 12.1 Å². The van der Waals surface area contributed by atoms with Gasteiger partial charge in [0, 0.05) is 6.54 Å². The van der Waals surface area contributed by atoms with E-state index in [-0.39, 0.29) is 18.7 Å². The monoisotopic (exact) mass is 326 g/mol. The highest BCUT2D eigenvalue weighted by atomic mass is 79.9. The Morgan fingerprint density at radius 3 is 3.16 bits per heavy atom. The molecule has 0 bridgehead atoms. The third-order valence-electron chi connectivity index (χ3n) is 3.33. The molecule has 6 heteroatoms. The van der Waals surface area contributed by atoms with Crippen LogP contribution in [0, 0.1) is 0 Å². The second-order valence-electron chi connectivity index (χ2n) is 4.68. The van der Waals surface area contributed by atoms with Crippen LogP contribution < -0.4 is 20.1 Å². The number of carbonyl (C=O) groups is 1. The van der Waals surface area contributed by atoms with Gasteiger partial charge in [0.2, 0.25) is 12.7 Å². The lowest BCUT2D eigenvalue weighted by Crippen LogP contribution is -2.39. The van der Waals surface area contributed by atoms with Gasteiger partial charge in [0.25, 0.3) is 0 Å². The van der Waals surface area contributed by atoms with Gasteiger partial charge in [0.1, 0.15) is 0 Å². The van der Waals surface area contributed by atoms with Gasteiger partial charge < -0.3 is 20.1 Å². The molecule has 0 radical (unpaired) electrons. The zero-order chi connectivity index (χ0) is 13.2. The zero-order valence-electron chi connectivity index (χ0n) is 10.4. The lowest BCUT2D eigenvalue weighted by molar-refractivity contribution is -0.122. The summed E-state index contributed by atoms with van der Waals surface area (Å²) in [5.41, 5.74) is 0.988. The molecule has 19 heavy (non-hydrogen) atoms. The van der Waals surface area contributed by atoms with E-state index in [0.29, 0.717) is 6.54 Å². The van der Waals surface area contributed by atoms with Gasteiger partial charge in [-0.15, -0.1) is 0 Å². The van der Waals surface area contributed by atoms with E-state index in [1.165, 1.54) is 0 Å². The standard InChI is InChI=1S/C13H15BrN2O3/c14-9-4-8(5-11-12(9)19-7-18-11)6-16-13(17)10-2-1-3-15-10/h4-5,10,15H,1-3,6-7H2,(H,16,17). The Morgan fingerprint density at radius 2 is 2.37 bits per heavy atom. The predicted molar refractivity (Wildman–Crippen MR) is 73.1 cm³/mol. The number of ether oxygens (including phenoxy) is 2. The molecule has 1 fully saturated rings. The fraction of sp³-hybridized carbons (Fsp3) is 0.462. The summed E-state index contributed by atoms with van der Waals surface area (Å²) < 4.78 is 11.5. The van der Waals surface area contributed by atoms with Gasteiger partial charge in [-0.2, -0.15) is 0 Å². The fourth-order valence-corrected chi connectivity index (χ4v) is 2.95. The van der Waals surface area contributed by atoms with Crippen LogP contribution in [0.4, 0.5) is 0 Å². The lowest BCUT2D eigenvalue weighted by Gasteiger charge is -2.11. The minimum atomic E-state index is -0.0440. The average Bonchev–Trinajstić information content (AvgIpc) is 3.06. The molecule has 1 saturated heterocycles. The van der Waals surface area contributed by atoms with Crippen LogP contribution in [0.3, 0.4) is 0 Å². The summed E-state index contributed by atoms with van der Waals surface area (Å²) in [7, 11) is 0. The van der Waals surface area contributed by atoms with Gasteiger partial charge in [0.15, 0.2) is 11.5 Å². The molecule has 1 aromatic rings. The van der Waals surface area contributed by atoms with Gasteiger partial charge >= 0.3 is 0 Å². The Labute approximate surface area is 119 Å². The number of rotatable bonds is 3. The minimum absolute atomic E-state index is 0.0440. The average molecular weight is 327 g/mol. The van der Waals surface area contributed by atoms with Crippen molar-refractivity contribution in [3.63, 3.8) is 0 Å². The van der Waals surface area contributed by atoms with Crippen LogP contribution in [0.1, 0.15) is 18.4 Å². The van der Waals surface area contributed by atoms with Crippen LogP contribution in [0.25, 0.3) is 0 Å². The molecular formula is C13H15BrN2O3. The van der Waals surface area contributed by atoms with Crippen LogP contribution >= 0.6 is 15.9 Å². The van der Waals surface area contributed by atoms with Crippen molar-refractivity contribution in [1.82, 2.24) is 10.6 Å². The quantitative estimate of drug-likeness (QED) is 0.884. The number of halogens is 1. The van der Waals surface area contributed by atoms with Gasteiger partial charge in [-0.1, -0.05) is 0 Å². The maximum Gasteiger partial charge on any atom is 0.237 e. The van der Waals surface area contributed by atoms with E-state index in [4.69, 9.17) is 9.47 Å². The lowest BCUT2D eigenvalue weighted by atomic mass is 10.2. The van der Waals surface area contributed by atoms with E-state index in [9.17, 15) is 4.79 Å². The largest absolute Gasteiger partial charge is 0.454 e. The molecule has 0 aliphatic carbocycles. The van der Waals surface area contributed by atoms with Crippen LogP contribution in [-0.2, 0) is 11.3 Å². The van der Waals surface area contributed by atoms with Crippen molar-refractivity contribution in [1.29, 1.82) is 0 Å². The van der Waals surface area contributed by atoms with Gasteiger partial charge in [0.05, 0.1) is 10.5 Å². The van der Waals surface area contributed by atoms with Gasteiger partial charge in [-0.25, -0.2) is 0 Å². The van der Waals surface area contributed by atoms with Gasteiger partial charge in [-0.3, -0.25) is 4.79 Å². The first-order valence-electron chi connectivity index (χ1n) is 6.33. The minimum Gasteiger partial charge on any atom is -0.454 e. The van der Waals surface area contributed by atoms with Crippen molar-refractivity contribution in [2.75, 3.05) is 13.3 Å². The number of hydrogen-bond acceptors (Lipinski definition) is 4. The van der Waals surface area contributed by atoms with Crippen molar-refractivity contribution in [3.8, 4) is 11.5 Å². The molecular weight excluding hydrogens is 312 g/mol. The van der Waals surface area contributed by atoms with E-state index in [2.05, 4.69) is 26.6 Å². The Balaban J connectivity index is 1.64. The van der Waals surface area contributed by atoms with E-state index in [0.717, 1.165) is 40.9 Å². The molecule has 3 rings (SSSR count). The van der Waals surface area contributed by atoms with Crippen LogP contribution in [0.15, 0.2) is 16.6 Å². The molecule has 2 N–H and O–H groups in total. The number of hydrogen-bond donors (Lipinski definition) is 2. The van der Waals surface area contributed by atoms with E-state index < -0.39 is 0 Å². The maximum atomic E-state index is 11.9. The summed E-state index contributed by atoms with van der Waals surface area (Å²) >= 11 is 3.44. The highest BCUT2D eigenvalue weighted by Crippen LogP contribution is 2.39. The summed E-state index contributed by atoms with van der Waals surface area (Å²) in [5, 5.41) is 6.12. The molecule has 0 saturated carbocycles. The summed E-state index contributed by atoms with van der Waals surface area (Å²) in [6.45, 7) is 1.66. The summed E-state index contributed by atoms with van der Waals surface area (Å²) in [5.74, 6) is 1.51. The number of carbonyl (C=O) groups excluding carboxylic acids is 1. The van der Waals surface area contributed by atoms with Gasteiger partial charge in [-0.05, 0) is 53.0 Å². The Bertz CT molecular complexity index is 501. The molecule has 5 nitrogen and oxygen atoms in total. The predicted octanol–water partition coefficient (Wildman–Crippen LogP) is 1.55. The van der Waals surface area contributed by atoms with Crippen LogP contribution in [0.2, 0.25) is 0 Å². The Kier molecular flexibility index (Phi) is 3.61. The normalized spacial score (nSPS) is 20.6. The number of benzene rings is 1. The zero-order valence-corrected chi connectivity index (χ0v) is 12.0.